The van der Waals surface area contributed by atoms with Gasteiger partial charge in [-0.3, -0.25) is 5.10 Å². The second-order valence-corrected chi connectivity index (χ2v) is 6.13. The zero-order valence-electron chi connectivity index (χ0n) is 11.2. The van der Waals surface area contributed by atoms with E-state index in [1.165, 1.54) is 10.3 Å². The molecule has 3 aromatic rings. The van der Waals surface area contributed by atoms with E-state index in [2.05, 4.69) is 40.2 Å². The van der Waals surface area contributed by atoms with Gasteiger partial charge in [0.1, 0.15) is 5.82 Å². The minimum Gasteiger partial charge on any atom is -0.382 e. The molecule has 1 aliphatic rings. The molecule has 0 saturated carbocycles. The normalized spacial score (nSPS) is 14.8. The number of nitrogen functional groups attached to an aromatic ring is 1. The van der Waals surface area contributed by atoms with Crippen molar-refractivity contribution in [1.82, 2.24) is 15.2 Å². The van der Waals surface area contributed by atoms with E-state index < -0.39 is 0 Å². The summed E-state index contributed by atoms with van der Waals surface area (Å²) in [5.41, 5.74) is 10.6. The van der Waals surface area contributed by atoms with Gasteiger partial charge in [0, 0.05) is 24.2 Å². The molecule has 0 spiro atoms. The van der Waals surface area contributed by atoms with Crippen molar-refractivity contribution in [3.8, 4) is 0 Å². The number of H-pyrrole nitrogens is 1. The molecule has 0 aliphatic carbocycles. The molecule has 3 N–H and O–H groups in total. The van der Waals surface area contributed by atoms with Crippen LogP contribution < -0.4 is 10.6 Å². The maximum atomic E-state index is 5.91. The molecule has 0 unspecified atom stereocenters. The fourth-order valence-corrected chi connectivity index (χ4v) is 3.75. The van der Waals surface area contributed by atoms with Crippen LogP contribution in [0.1, 0.15) is 16.8 Å². The number of thiazole rings is 1. The number of benzene rings is 1. The third-order valence-electron chi connectivity index (χ3n) is 3.84. The van der Waals surface area contributed by atoms with E-state index >= 15 is 0 Å². The Morgan fingerprint density at radius 2 is 2.30 bits per heavy atom. The fourth-order valence-electron chi connectivity index (χ4n) is 2.69. The van der Waals surface area contributed by atoms with Crippen molar-refractivity contribution in [3.05, 3.63) is 35.0 Å². The summed E-state index contributed by atoms with van der Waals surface area (Å²) in [4.78, 5) is 7.05. The Hall–Kier alpha value is -2.08. The average molecular weight is 285 g/mol. The third kappa shape index (κ3) is 1.68. The van der Waals surface area contributed by atoms with E-state index in [-0.39, 0.29) is 0 Å². The molecule has 0 amide bonds. The molecular formula is C14H15N5S. The standard InChI is InChI=1S/C14H15N5S/c1-8-3-2-4-11-12(8)20-14(16-11)19-6-5-10-9(7-19)13(15)18-17-10/h2-4H,5-7H2,1H3,(H3,15,17,18). The summed E-state index contributed by atoms with van der Waals surface area (Å²) in [5.74, 6) is 0.613. The van der Waals surface area contributed by atoms with Gasteiger partial charge in [-0.1, -0.05) is 23.5 Å². The van der Waals surface area contributed by atoms with E-state index in [0.717, 1.165) is 41.4 Å². The van der Waals surface area contributed by atoms with Gasteiger partial charge in [-0.25, -0.2) is 4.98 Å². The number of anilines is 2. The lowest BCUT2D eigenvalue weighted by atomic mass is 10.1. The maximum Gasteiger partial charge on any atom is 0.186 e. The monoisotopic (exact) mass is 285 g/mol. The molecule has 0 saturated heterocycles. The smallest absolute Gasteiger partial charge is 0.186 e. The van der Waals surface area contributed by atoms with Crippen molar-refractivity contribution in [1.29, 1.82) is 0 Å². The lowest BCUT2D eigenvalue weighted by Gasteiger charge is -2.26. The van der Waals surface area contributed by atoms with Gasteiger partial charge in [0.25, 0.3) is 0 Å². The number of nitrogens with one attached hydrogen (secondary N) is 1. The minimum absolute atomic E-state index is 0.613. The van der Waals surface area contributed by atoms with Crippen LogP contribution in [0.5, 0.6) is 0 Å². The van der Waals surface area contributed by atoms with Crippen LogP contribution in [0.2, 0.25) is 0 Å². The lowest BCUT2D eigenvalue weighted by Crippen LogP contribution is -2.30. The Morgan fingerprint density at radius 1 is 1.40 bits per heavy atom. The first-order valence-electron chi connectivity index (χ1n) is 6.65. The highest BCUT2D eigenvalue weighted by molar-refractivity contribution is 7.22. The highest BCUT2D eigenvalue weighted by atomic mass is 32.1. The lowest BCUT2D eigenvalue weighted by molar-refractivity contribution is 0.719. The van der Waals surface area contributed by atoms with Crippen LogP contribution in [0.3, 0.4) is 0 Å². The molecule has 6 heteroatoms. The number of hydrogen-bond acceptors (Lipinski definition) is 5. The van der Waals surface area contributed by atoms with E-state index in [1.807, 2.05) is 0 Å². The largest absolute Gasteiger partial charge is 0.382 e. The number of aromatic nitrogens is 3. The Balaban J connectivity index is 1.74. The summed E-state index contributed by atoms with van der Waals surface area (Å²) in [6, 6.07) is 6.26. The zero-order chi connectivity index (χ0) is 13.7. The summed E-state index contributed by atoms with van der Waals surface area (Å²) >= 11 is 1.76. The van der Waals surface area contributed by atoms with Gasteiger partial charge in [-0.05, 0) is 18.6 Å². The summed E-state index contributed by atoms with van der Waals surface area (Å²) in [7, 11) is 0. The first-order chi connectivity index (χ1) is 9.72. The second kappa shape index (κ2) is 4.21. The SMILES string of the molecule is Cc1cccc2nc(N3CCc4[nH]nc(N)c4C3)sc12. The Labute approximate surface area is 120 Å². The molecule has 20 heavy (non-hydrogen) atoms. The molecule has 5 nitrogen and oxygen atoms in total. The van der Waals surface area contributed by atoms with Gasteiger partial charge in [0.15, 0.2) is 5.13 Å². The summed E-state index contributed by atoms with van der Waals surface area (Å²) in [6.45, 7) is 3.87. The summed E-state index contributed by atoms with van der Waals surface area (Å²) in [6.07, 6.45) is 0.939. The summed E-state index contributed by atoms with van der Waals surface area (Å²) in [5, 5.41) is 8.18. The molecule has 1 aliphatic heterocycles. The quantitative estimate of drug-likeness (QED) is 0.720. The number of aromatic amines is 1. The molecule has 3 heterocycles. The van der Waals surface area contributed by atoms with Crippen molar-refractivity contribution in [2.75, 3.05) is 17.2 Å². The molecule has 0 atom stereocenters. The van der Waals surface area contributed by atoms with E-state index in [4.69, 9.17) is 10.7 Å². The Bertz CT molecular complexity index is 788. The highest BCUT2D eigenvalue weighted by Gasteiger charge is 2.23. The maximum absolute atomic E-state index is 5.91. The average Bonchev–Trinajstić information content (AvgIpc) is 3.04. The number of rotatable bonds is 1. The van der Waals surface area contributed by atoms with Crippen LogP contribution in [-0.2, 0) is 13.0 Å². The predicted molar refractivity (Wildman–Crippen MR) is 82.1 cm³/mol. The third-order valence-corrected chi connectivity index (χ3v) is 5.10. The molecule has 0 bridgehead atoms. The molecule has 4 rings (SSSR count). The number of fused-ring (bicyclic) bond motifs is 2. The Kier molecular flexibility index (Phi) is 2.47. The van der Waals surface area contributed by atoms with Gasteiger partial charge in [-0.2, -0.15) is 5.10 Å². The molecule has 0 fully saturated rings. The minimum atomic E-state index is 0.613. The number of nitrogens with zero attached hydrogens (tertiary/aromatic N) is 3. The highest BCUT2D eigenvalue weighted by Crippen LogP contribution is 2.34. The van der Waals surface area contributed by atoms with Crippen LogP contribution in [0.4, 0.5) is 10.9 Å². The zero-order valence-corrected chi connectivity index (χ0v) is 12.0. The summed E-state index contributed by atoms with van der Waals surface area (Å²) < 4.78 is 1.27. The van der Waals surface area contributed by atoms with Gasteiger partial charge >= 0.3 is 0 Å². The van der Waals surface area contributed by atoms with Crippen LogP contribution in [0, 0.1) is 6.92 Å². The predicted octanol–water partition coefficient (Wildman–Crippen LogP) is 2.47. The van der Waals surface area contributed by atoms with Crippen molar-refractivity contribution >= 4 is 32.5 Å². The van der Waals surface area contributed by atoms with Crippen molar-refractivity contribution in [2.24, 2.45) is 0 Å². The topological polar surface area (TPSA) is 70.8 Å². The van der Waals surface area contributed by atoms with Gasteiger partial charge in [0.2, 0.25) is 0 Å². The Morgan fingerprint density at radius 3 is 3.15 bits per heavy atom. The van der Waals surface area contributed by atoms with Crippen molar-refractivity contribution in [2.45, 2.75) is 19.9 Å². The first-order valence-corrected chi connectivity index (χ1v) is 7.47. The molecule has 1 aromatic carbocycles. The van der Waals surface area contributed by atoms with Gasteiger partial charge < -0.3 is 10.6 Å². The van der Waals surface area contributed by atoms with Crippen LogP contribution in [-0.4, -0.2) is 21.7 Å². The number of nitrogens with two attached hydrogens (primary N) is 1. The molecular weight excluding hydrogens is 270 g/mol. The molecule has 2 aromatic heterocycles. The van der Waals surface area contributed by atoms with Gasteiger partial charge in [0.05, 0.1) is 16.8 Å². The van der Waals surface area contributed by atoms with Crippen molar-refractivity contribution < 1.29 is 0 Å². The molecule has 0 radical (unpaired) electrons. The van der Waals surface area contributed by atoms with E-state index in [9.17, 15) is 0 Å². The van der Waals surface area contributed by atoms with Crippen LogP contribution in [0.25, 0.3) is 10.2 Å². The first kappa shape index (κ1) is 11.7. The fraction of sp³-hybridized carbons (Fsp3) is 0.286. The van der Waals surface area contributed by atoms with Crippen LogP contribution >= 0.6 is 11.3 Å². The van der Waals surface area contributed by atoms with E-state index in [0.29, 0.717) is 5.82 Å². The van der Waals surface area contributed by atoms with Gasteiger partial charge in [-0.15, -0.1) is 0 Å². The number of aryl methyl sites for hydroxylation is 1. The second-order valence-electron chi connectivity index (χ2n) is 5.16. The number of hydrogen-bond donors (Lipinski definition) is 2. The van der Waals surface area contributed by atoms with E-state index in [1.54, 1.807) is 11.3 Å². The van der Waals surface area contributed by atoms with Crippen molar-refractivity contribution in [3.63, 3.8) is 0 Å². The van der Waals surface area contributed by atoms with Crippen LogP contribution in [0.15, 0.2) is 18.2 Å². The molecule has 102 valence electrons.